The molecule has 14 rings (SSSR count). The summed E-state index contributed by atoms with van der Waals surface area (Å²) in [5.74, 6) is 0. The van der Waals surface area contributed by atoms with Crippen molar-refractivity contribution >= 4 is 101 Å². The third kappa shape index (κ3) is 14.2. The zero-order chi connectivity index (χ0) is 65.7. The summed E-state index contributed by atoms with van der Waals surface area (Å²) in [7, 11) is 0. The van der Waals surface area contributed by atoms with Gasteiger partial charge in [-0.1, -0.05) is 46.9 Å². The topological polar surface area (TPSA) is 160 Å². The Morgan fingerprint density at radius 1 is 0.409 bits per heavy atom. The predicted octanol–water partition coefficient (Wildman–Crippen LogP) is 15.0. The Kier molecular flexibility index (Phi) is 18.2. The lowest BCUT2D eigenvalue weighted by Gasteiger charge is -2.13. The molecule has 0 atom stereocenters. The molecule has 0 N–H and O–H groups in total. The van der Waals surface area contributed by atoms with Crippen LogP contribution in [0.1, 0.15) is 93.4 Å². The molecule has 0 saturated heterocycles. The minimum Gasteiger partial charge on any atom is -0.342 e. The van der Waals surface area contributed by atoms with Crippen molar-refractivity contribution in [1.82, 2.24) is 66.0 Å². The second-order valence-corrected chi connectivity index (χ2v) is 24.3. The van der Waals surface area contributed by atoms with E-state index in [9.17, 15) is 58.3 Å². The van der Waals surface area contributed by atoms with E-state index >= 15 is 0 Å². The first-order chi connectivity index (χ1) is 44.4. The summed E-state index contributed by atoms with van der Waals surface area (Å²) >= 11 is 18.0. The molecule has 2 aliphatic carbocycles. The van der Waals surface area contributed by atoms with Crippen LogP contribution in [0, 0.1) is 0 Å². The van der Waals surface area contributed by atoms with Crippen molar-refractivity contribution in [2.75, 3.05) is 6.67 Å². The summed E-state index contributed by atoms with van der Waals surface area (Å²) in [6.07, 6.45) is 1.44. The van der Waals surface area contributed by atoms with Crippen molar-refractivity contribution in [2.45, 2.75) is 141 Å². The fraction of sp³-hybridized carbons (Fsp3) is 0.365. The number of unbranched alkanes of at least 4 members (excludes halogenated alkanes) is 1. The third-order valence-corrected chi connectivity index (χ3v) is 17.2. The first-order valence-corrected chi connectivity index (χ1v) is 31.0. The lowest BCUT2D eigenvalue weighted by molar-refractivity contribution is -0.140. The smallest absolute Gasteiger partial charge is 0.342 e. The number of alkyl halides is 10. The van der Waals surface area contributed by atoms with Gasteiger partial charge >= 0.3 is 35.6 Å². The molecular weight excluding hydrogens is 1300 g/mol. The maximum absolute atomic E-state index is 13.2. The molecule has 0 amide bonds. The highest BCUT2D eigenvalue weighted by atomic mass is 35.5. The Morgan fingerprint density at radius 2 is 0.785 bits per heavy atom. The normalized spacial score (nSPS) is 13.9. The number of nitrogens with zero attached hydrogens (tertiary/aromatic N) is 14. The van der Waals surface area contributed by atoms with Gasteiger partial charge in [0.05, 0.1) is 107 Å². The van der Waals surface area contributed by atoms with E-state index in [2.05, 4.69) is 29.5 Å². The minimum atomic E-state index is -4.60. The summed E-state index contributed by atoms with van der Waals surface area (Å²) in [6, 6.07) is 20.9. The Hall–Kier alpha value is -8.43. The van der Waals surface area contributed by atoms with E-state index in [1.54, 1.807) is 78.2 Å². The van der Waals surface area contributed by atoms with E-state index < -0.39 is 43.6 Å². The maximum atomic E-state index is 13.2. The zero-order valence-corrected chi connectivity index (χ0v) is 51.5. The fourth-order valence-electron chi connectivity index (χ4n) is 12.2. The van der Waals surface area contributed by atoms with Gasteiger partial charge in [0.25, 0.3) is 0 Å². The van der Waals surface area contributed by atoms with Gasteiger partial charge in [-0.2, -0.15) is 39.5 Å². The summed E-state index contributed by atoms with van der Waals surface area (Å²) < 4.78 is 143. The van der Waals surface area contributed by atoms with Crippen LogP contribution in [0.5, 0.6) is 0 Å². The van der Waals surface area contributed by atoms with Crippen LogP contribution < -0.4 is 17.1 Å². The average molecular weight is 1350 g/mol. The van der Waals surface area contributed by atoms with Crippen LogP contribution in [0.4, 0.5) is 43.9 Å². The van der Waals surface area contributed by atoms with Crippen LogP contribution in [-0.4, -0.2) is 91.2 Å². The number of hydrogen-bond acceptors (Lipinski definition) is 8. The predicted molar refractivity (Wildman–Crippen MR) is 334 cm³/mol. The Morgan fingerprint density at radius 3 is 1.15 bits per heavy atom. The van der Waals surface area contributed by atoms with Gasteiger partial charge in [-0.15, -0.1) is 0 Å². The molecule has 12 aromatic rings. The second-order valence-electron chi connectivity index (χ2n) is 23.1. The Balaban J connectivity index is 0.000000134. The molecule has 488 valence electrons. The number of aryl methyl sites for hydroxylation is 3. The monoisotopic (exact) mass is 1350 g/mol. The molecule has 17 nitrogen and oxygen atoms in total. The summed E-state index contributed by atoms with van der Waals surface area (Å²) in [4.78, 5) is 60.0. The van der Waals surface area contributed by atoms with Gasteiger partial charge in [-0.3, -0.25) is 41.8 Å². The highest BCUT2D eigenvalue weighted by Gasteiger charge is 2.34. The van der Waals surface area contributed by atoms with Gasteiger partial charge in [0.1, 0.15) is 22.0 Å². The van der Waals surface area contributed by atoms with Crippen molar-refractivity contribution in [3.05, 3.63) is 180 Å². The molecule has 93 heavy (non-hydrogen) atoms. The van der Waals surface area contributed by atoms with Crippen LogP contribution in [0.25, 0.3) is 65.8 Å². The van der Waals surface area contributed by atoms with Crippen LogP contribution in [0.3, 0.4) is 0 Å². The number of para-hydroxylation sites is 2. The summed E-state index contributed by atoms with van der Waals surface area (Å²) in [5, 5.41) is 3.26. The molecule has 2 aliphatic rings. The third-order valence-electron chi connectivity index (χ3n) is 16.5. The molecule has 11 aromatic heterocycles. The molecule has 2 fully saturated rings. The first kappa shape index (κ1) is 64.7. The average Bonchev–Trinajstić information content (AvgIpc) is 1.62. The molecule has 1 aromatic carbocycles. The SMILES string of the molecule is O=c1n(Cc2cc3cc(Cl)ncc3n2CCCC(F)(F)F)c2ccccc2n1CC(F)(F)F.O=c1n(Cc2cc3cc(Cl)ncc3n2CCCC(F)(F)F)c2cnccc2n1C1CC1.O=c1n(Cc2cc3cc(Cl)ncc3n2CCCCF)c2cnccc2n1C1CC1. The van der Waals surface area contributed by atoms with Gasteiger partial charge in [0, 0.05) is 90.2 Å². The van der Waals surface area contributed by atoms with Gasteiger partial charge in [-0.25, -0.2) is 29.3 Å². The van der Waals surface area contributed by atoms with Crippen LogP contribution in [0.2, 0.25) is 15.5 Å². The zero-order valence-electron chi connectivity index (χ0n) is 49.3. The molecule has 0 spiro atoms. The van der Waals surface area contributed by atoms with Gasteiger partial charge in [0.2, 0.25) is 0 Å². The largest absolute Gasteiger partial charge is 0.406 e. The number of fused-ring (bicyclic) bond motifs is 6. The second kappa shape index (κ2) is 26.2. The minimum absolute atomic E-state index is 0.00720. The number of benzene rings is 1. The molecule has 0 bridgehead atoms. The van der Waals surface area contributed by atoms with E-state index in [1.807, 2.05) is 34.9 Å². The van der Waals surface area contributed by atoms with Crippen LogP contribution >= 0.6 is 34.8 Å². The van der Waals surface area contributed by atoms with Crippen molar-refractivity contribution in [3.63, 3.8) is 0 Å². The summed E-state index contributed by atoms with van der Waals surface area (Å²) in [5.41, 5.74) is 7.01. The van der Waals surface area contributed by atoms with Crippen molar-refractivity contribution in [1.29, 1.82) is 0 Å². The molecule has 30 heteroatoms. The van der Waals surface area contributed by atoms with Crippen LogP contribution in [0.15, 0.2) is 131 Å². The molecule has 0 aliphatic heterocycles. The van der Waals surface area contributed by atoms with Crippen molar-refractivity contribution in [3.8, 4) is 0 Å². The Labute approximate surface area is 535 Å². The number of imidazole rings is 3. The number of hydrogen-bond donors (Lipinski definition) is 0. The molecule has 0 radical (unpaired) electrons. The van der Waals surface area contributed by atoms with Gasteiger partial charge in [0.15, 0.2) is 0 Å². The van der Waals surface area contributed by atoms with Gasteiger partial charge < -0.3 is 13.7 Å². The quantitative estimate of drug-likeness (QED) is 0.0439. The molecular formula is C63H57Cl3F10N14O3. The van der Waals surface area contributed by atoms with Gasteiger partial charge in [-0.05, 0) is 112 Å². The molecule has 0 unspecified atom stereocenters. The number of pyridine rings is 5. The van der Waals surface area contributed by atoms with E-state index in [0.717, 1.165) is 76.3 Å². The van der Waals surface area contributed by atoms with E-state index in [-0.39, 0.29) is 85.3 Å². The van der Waals surface area contributed by atoms with Crippen molar-refractivity contribution < 1.29 is 43.9 Å². The first-order valence-electron chi connectivity index (χ1n) is 29.9. The van der Waals surface area contributed by atoms with E-state index in [0.29, 0.717) is 62.0 Å². The highest BCUT2D eigenvalue weighted by molar-refractivity contribution is 6.30. The molecule has 2 saturated carbocycles. The lowest BCUT2D eigenvalue weighted by atomic mass is 10.3. The lowest BCUT2D eigenvalue weighted by Crippen LogP contribution is -2.30. The van der Waals surface area contributed by atoms with E-state index in [1.165, 1.54) is 35.0 Å². The standard InChI is InChI=1S/C21H17ClF6N4O.C21H19ClF3N5O.C21H21ClFN5O/c22-18-9-13-8-14(30(17(13)10-29-18)7-3-6-20(23,24)25)11-31-15-4-1-2-5-16(15)32(19(31)33)12-21(26,27)28;22-19-9-13-8-15(28(17(13)11-27-19)7-1-5-21(23,24)25)12-29-18-10-26-6-4-16(18)30(20(29)31)14-2-3-14;22-20-10-14-9-16(26(8-2-1-6-23)18(14)12-25-20)13-27-19-11-24-7-5-17(19)28(21(27)29)15-3-4-15/h1-2,4-5,8-10H,3,6-7,11-12H2;4,6,8-11,14H,1-3,5,7,12H2;5,7,9-12,15H,1-4,6,8,13H2. The van der Waals surface area contributed by atoms with E-state index in [4.69, 9.17) is 34.8 Å². The van der Waals surface area contributed by atoms with Crippen molar-refractivity contribution in [2.24, 2.45) is 0 Å². The maximum Gasteiger partial charge on any atom is 0.406 e. The fourth-order valence-corrected chi connectivity index (χ4v) is 12.7. The number of rotatable bonds is 19. The van der Waals surface area contributed by atoms with Crippen LogP contribution in [-0.2, 0) is 45.8 Å². The number of halogens is 13. The Bertz CT molecular complexity index is 4920. The number of aromatic nitrogens is 14. The summed E-state index contributed by atoms with van der Waals surface area (Å²) in [6.45, 7) is -0.468. The highest BCUT2D eigenvalue weighted by Crippen LogP contribution is 2.38. The molecule has 11 heterocycles.